The van der Waals surface area contributed by atoms with Gasteiger partial charge in [-0.2, -0.15) is 0 Å². The molecule has 4 rings (SSSR count). The fourth-order valence-corrected chi connectivity index (χ4v) is 3.98. The molecule has 0 radical (unpaired) electrons. The molecule has 2 saturated carbocycles. The van der Waals surface area contributed by atoms with Gasteiger partial charge in [-0.1, -0.05) is 19.3 Å². The number of fused-ring (bicyclic) bond motifs is 2. The Morgan fingerprint density at radius 1 is 0.765 bits per heavy atom. The van der Waals surface area contributed by atoms with E-state index < -0.39 is 0 Å². The number of ether oxygens (including phenoxy) is 2. The molecule has 2 spiro atoms. The van der Waals surface area contributed by atoms with Crippen LogP contribution in [0.15, 0.2) is 11.5 Å². The summed E-state index contributed by atoms with van der Waals surface area (Å²) in [6.45, 7) is 1.23. The largest absolute Gasteiger partial charge is 0.490 e. The van der Waals surface area contributed by atoms with Crippen molar-refractivity contribution in [1.82, 2.24) is 0 Å². The lowest BCUT2D eigenvalue weighted by atomic mass is 9.70. The maximum absolute atomic E-state index is 12.8. The van der Waals surface area contributed by atoms with Crippen LogP contribution in [0.3, 0.4) is 0 Å². The Morgan fingerprint density at radius 2 is 1.29 bits per heavy atom. The molecule has 0 aromatic rings. The van der Waals surface area contributed by atoms with Crippen LogP contribution in [0, 0.1) is 10.8 Å². The van der Waals surface area contributed by atoms with E-state index in [1.165, 1.54) is 6.42 Å². The molecule has 0 amide bonds. The highest BCUT2D eigenvalue weighted by atomic mass is 16.6. The summed E-state index contributed by atoms with van der Waals surface area (Å²) in [6.07, 6.45) is 7.49. The maximum Gasteiger partial charge on any atom is 0.160 e. The molecule has 3 nitrogen and oxygen atoms in total. The molecule has 3 heteroatoms. The Bertz CT molecular complexity index is 411. The molecule has 92 valence electrons. The summed E-state index contributed by atoms with van der Waals surface area (Å²) in [5, 5.41) is 0. The number of allylic oxidation sites excluding steroid dienone is 2. The van der Waals surface area contributed by atoms with Crippen molar-refractivity contribution in [3.8, 4) is 0 Å². The number of hydrogen-bond donors (Lipinski definition) is 0. The van der Waals surface area contributed by atoms with Gasteiger partial charge in [-0.3, -0.25) is 4.79 Å². The summed E-state index contributed by atoms with van der Waals surface area (Å²) in [4.78, 5) is 12.8. The average Bonchev–Trinajstić information content (AvgIpc) is 3.17. The summed E-state index contributed by atoms with van der Waals surface area (Å²) in [6, 6.07) is 0. The van der Waals surface area contributed by atoms with Gasteiger partial charge in [0.2, 0.25) is 0 Å². The maximum atomic E-state index is 12.8. The third kappa shape index (κ3) is 1.06. The van der Waals surface area contributed by atoms with Crippen LogP contribution in [0.5, 0.6) is 0 Å². The van der Waals surface area contributed by atoms with Gasteiger partial charge in [-0.05, 0) is 25.7 Å². The molecule has 0 atom stereocenters. The lowest BCUT2D eigenvalue weighted by Crippen LogP contribution is -2.35. The molecule has 1 heterocycles. The minimum atomic E-state index is -0.287. The van der Waals surface area contributed by atoms with Crippen LogP contribution in [0.25, 0.3) is 0 Å². The van der Waals surface area contributed by atoms with Crippen molar-refractivity contribution in [3.05, 3.63) is 11.5 Å². The first kappa shape index (κ1) is 9.98. The molecular weight excluding hydrogens is 216 g/mol. The molecule has 17 heavy (non-hydrogen) atoms. The predicted octanol–water partition coefficient (Wildman–Crippen LogP) is 2.56. The second kappa shape index (κ2) is 3.06. The minimum absolute atomic E-state index is 0.243. The van der Waals surface area contributed by atoms with Crippen molar-refractivity contribution >= 4 is 5.78 Å². The van der Waals surface area contributed by atoms with E-state index in [1.807, 2.05) is 0 Å². The van der Waals surface area contributed by atoms with Crippen LogP contribution < -0.4 is 0 Å². The lowest BCUT2D eigenvalue weighted by molar-refractivity contribution is -0.132. The van der Waals surface area contributed by atoms with E-state index in [1.54, 1.807) is 0 Å². The number of rotatable bonds is 0. The summed E-state index contributed by atoms with van der Waals surface area (Å²) in [5.74, 6) is 2.29. The third-order valence-electron chi connectivity index (χ3n) is 4.98. The smallest absolute Gasteiger partial charge is 0.160 e. The van der Waals surface area contributed by atoms with Gasteiger partial charge in [0, 0.05) is 0 Å². The Morgan fingerprint density at radius 3 is 1.82 bits per heavy atom. The van der Waals surface area contributed by atoms with Gasteiger partial charge in [0.1, 0.15) is 24.7 Å². The summed E-state index contributed by atoms with van der Waals surface area (Å²) >= 11 is 0. The zero-order chi connectivity index (χ0) is 11.5. The van der Waals surface area contributed by atoms with E-state index in [0.29, 0.717) is 19.0 Å². The van der Waals surface area contributed by atoms with Gasteiger partial charge in [-0.15, -0.1) is 0 Å². The molecule has 4 aliphatic rings. The Labute approximate surface area is 101 Å². The first-order valence-corrected chi connectivity index (χ1v) is 6.85. The standard InChI is InChI=1S/C14H18O3/c15-12-13(4-2-1-3-5-13)10-11(14(12)6-7-14)17-9-8-16-10/h1-9H2. The van der Waals surface area contributed by atoms with Crippen molar-refractivity contribution in [2.45, 2.75) is 44.9 Å². The van der Waals surface area contributed by atoms with E-state index in [9.17, 15) is 4.79 Å². The summed E-state index contributed by atoms with van der Waals surface area (Å²) in [5.41, 5.74) is -0.530. The first-order chi connectivity index (χ1) is 8.30. The molecule has 0 aromatic carbocycles. The van der Waals surface area contributed by atoms with E-state index >= 15 is 0 Å². The second-order valence-corrected chi connectivity index (χ2v) is 5.91. The van der Waals surface area contributed by atoms with Crippen molar-refractivity contribution < 1.29 is 14.3 Å². The normalized spacial score (nSPS) is 32.4. The summed E-state index contributed by atoms with van der Waals surface area (Å²) < 4.78 is 11.7. The molecule has 0 bridgehead atoms. The Balaban J connectivity index is 1.84. The predicted molar refractivity (Wildman–Crippen MR) is 61.1 cm³/mol. The van der Waals surface area contributed by atoms with Crippen molar-refractivity contribution in [1.29, 1.82) is 0 Å². The van der Waals surface area contributed by atoms with Gasteiger partial charge in [-0.25, -0.2) is 0 Å². The van der Waals surface area contributed by atoms with Gasteiger partial charge < -0.3 is 9.47 Å². The van der Waals surface area contributed by atoms with Crippen LogP contribution in [0.4, 0.5) is 0 Å². The van der Waals surface area contributed by atoms with Crippen LogP contribution in [-0.2, 0) is 14.3 Å². The zero-order valence-electron chi connectivity index (χ0n) is 10.1. The molecule has 1 aliphatic heterocycles. The summed E-state index contributed by atoms with van der Waals surface area (Å²) in [7, 11) is 0. The van der Waals surface area contributed by atoms with E-state index in [0.717, 1.165) is 50.0 Å². The van der Waals surface area contributed by atoms with Gasteiger partial charge >= 0.3 is 0 Å². The van der Waals surface area contributed by atoms with Crippen molar-refractivity contribution in [3.63, 3.8) is 0 Å². The highest BCUT2D eigenvalue weighted by molar-refractivity contribution is 6.00. The van der Waals surface area contributed by atoms with Crippen molar-refractivity contribution in [2.24, 2.45) is 10.8 Å². The van der Waals surface area contributed by atoms with E-state index in [4.69, 9.17) is 9.47 Å². The number of ketones is 1. The Kier molecular flexibility index (Phi) is 1.80. The molecular formula is C14H18O3. The Hall–Kier alpha value is -0.990. The van der Waals surface area contributed by atoms with Gasteiger partial charge in [0.15, 0.2) is 5.78 Å². The first-order valence-electron chi connectivity index (χ1n) is 6.85. The molecule has 3 aliphatic carbocycles. The quantitative estimate of drug-likeness (QED) is 0.646. The SMILES string of the molecule is O=C1C2(CCCCC2)C2=C(OCCO2)C12CC2. The molecule has 0 saturated heterocycles. The van der Waals surface area contributed by atoms with Crippen LogP contribution in [-0.4, -0.2) is 19.0 Å². The van der Waals surface area contributed by atoms with Crippen LogP contribution in [0.1, 0.15) is 44.9 Å². The van der Waals surface area contributed by atoms with Gasteiger partial charge in [0.05, 0.1) is 10.8 Å². The highest BCUT2D eigenvalue weighted by Gasteiger charge is 2.69. The number of carbonyl (C=O) groups is 1. The average molecular weight is 234 g/mol. The molecule has 0 aromatic heterocycles. The van der Waals surface area contributed by atoms with Crippen LogP contribution in [0.2, 0.25) is 0 Å². The molecule has 2 fully saturated rings. The van der Waals surface area contributed by atoms with Crippen molar-refractivity contribution in [2.75, 3.05) is 13.2 Å². The minimum Gasteiger partial charge on any atom is -0.490 e. The fourth-order valence-electron chi connectivity index (χ4n) is 3.98. The zero-order valence-corrected chi connectivity index (χ0v) is 10.1. The fraction of sp³-hybridized carbons (Fsp3) is 0.786. The van der Waals surface area contributed by atoms with E-state index in [-0.39, 0.29) is 10.8 Å². The monoisotopic (exact) mass is 234 g/mol. The number of carbonyl (C=O) groups excluding carboxylic acids is 1. The topological polar surface area (TPSA) is 35.5 Å². The number of hydrogen-bond acceptors (Lipinski definition) is 3. The highest BCUT2D eigenvalue weighted by Crippen LogP contribution is 2.67. The van der Waals surface area contributed by atoms with Gasteiger partial charge in [0.25, 0.3) is 0 Å². The van der Waals surface area contributed by atoms with Crippen LogP contribution >= 0.6 is 0 Å². The molecule has 0 unspecified atom stereocenters. The van der Waals surface area contributed by atoms with E-state index in [2.05, 4.69) is 0 Å². The second-order valence-electron chi connectivity index (χ2n) is 5.91. The number of Topliss-reactive ketones (excluding diaryl/α,β-unsaturated/α-hetero) is 1. The lowest BCUT2D eigenvalue weighted by Gasteiger charge is -2.34. The molecule has 0 N–H and O–H groups in total. The third-order valence-corrected chi connectivity index (χ3v) is 4.98.